The van der Waals surface area contributed by atoms with Crippen molar-refractivity contribution in [2.45, 2.75) is 12.5 Å². The summed E-state index contributed by atoms with van der Waals surface area (Å²) in [5, 5.41) is 11.6. The van der Waals surface area contributed by atoms with Crippen LogP contribution in [0.1, 0.15) is 23.6 Å². The van der Waals surface area contributed by atoms with Crippen molar-refractivity contribution in [3.05, 3.63) is 69.2 Å². The van der Waals surface area contributed by atoms with Crippen molar-refractivity contribution < 1.29 is 24.2 Å². The molecule has 2 aromatic carbocycles. The van der Waals surface area contributed by atoms with Gasteiger partial charge in [-0.2, -0.15) is 0 Å². The quantitative estimate of drug-likeness (QED) is 0.292. The number of Topliss-reactive ketones (excluding diaryl/α,β-unsaturated/α-hetero) is 1. The number of ketones is 1. The number of amides is 1. The summed E-state index contributed by atoms with van der Waals surface area (Å²) in [7, 11) is 3.10. The second kappa shape index (κ2) is 9.51. The second-order valence-corrected chi connectivity index (χ2v) is 7.56. The van der Waals surface area contributed by atoms with Crippen LogP contribution >= 0.6 is 23.2 Å². The monoisotopic (exact) mass is 449 g/mol. The van der Waals surface area contributed by atoms with Gasteiger partial charge in [0.05, 0.1) is 28.8 Å². The molecule has 0 bridgehead atoms. The standard InChI is InChI=1S/C22H21Cl2NO5/c1-29-11-3-10-25-19(14-6-9-16(23)17(24)12-14)18(21(27)22(25)28)20(26)13-4-7-15(30-2)8-5-13/h4-9,12,19,26H,3,10-11H2,1-2H3/b20-18+/t19-/m1/s1. The number of methoxy groups -OCH3 is 2. The van der Waals surface area contributed by atoms with Crippen molar-refractivity contribution in [2.24, 2.45) is 0 Å². The fourth-order valence-corrected chi connectivity index (χ4v) is 3.73. The molecule has 8 heteroatoms. The largest absolute Gasteiger partial charge is 0.507 e. The number of nitrogens with zero attached hydrogens (tertiary/aromatic N) is 1. The van der Waals surface area contributed by atoms with Gasteiger partial charge in [-0.05, 0) is 48.4 Å². The number of aliphatic hydroxyl groups excluding tert-OH is 1. The smallest absolute Gasteiger partial charge is 0.295 e. The zero-order chi connectivity index (χ0) is 21.8. The van der Waals surface area contributed by atoms with Crippen LogP contribution in [-0.2, 0) is 14.3 Å². The number of carbonyl (C=O) groups excluding carboxylic acids is 2. The third-order valence-electron chi connectivity index (χ3n) is 4.91. The molecule has 0 aliphatic carbocycles. The van der Waals surface area contributed by atoms with Crippen molar-refractivity contribution in [1.29, 1.82) is 0 Å². The van der Waals surface area contributed by atoms with Crippen molar-refractivity contribution in [3.63, 3.8) is 0 Å². The van der Waals surface area contributed by atoms with Crippen molar-refractivity contribution in [2.75, 3.05) is 27.4 Å². The Morgan fingerprint density at radius 2 is 1.77 bits per heavy atom. The maximum Gasteiger partial charge on any atom is 0.295 e. The Hall–Kier alpha value is -2.54. The number of ether oxygens (including phenoxy) is 2. The minimum atomic E-state index is -0.793. The van der Waals surface area contributed by atoms with E-state index in [1.165, 1.54) is 12.0 Å². The molecule has 0 unspecified atom stereocenters. The van der Waals surface area contributed by atoms with Crippen LogP contribution in [0.25, 0.3) is 5.76 Å². The van der Waals surface area contributed by atoms with Crippen LogP contribution in [0.15, 0.2) is 48.0 Å². The average Bonchev–Trinajstić information content (AvgIpc) is 3.00. The molecule has 0 saturated carbocycles. The molecule has 158 valence electrons. The molecule has 1 aliphatic heterocycles. The number of halogens is 2. The van der Waals surface area contributed by atoms with Gasteiger partial charge in [0.1, 0.15) is 11.5 Å². The van der Waals surface area contributed by atoms with Gasteiger partial charge in [-0.25, -0.2) is 0 Å². The van der Waals surface area contributed by atoms with E-state index in [-0.39, 0.29) is 17.9 Å². The van der Waals surface area contributed by atoms with Gasteiger partial charge in [0, 0.05) is 25.8 Å². The molecular weight excluding hydrogens is 429 g/mol. The molecule has 1 fully saturated rings. The lowest BCUT2D eigenvalue weighted by molar-refractivity contribution is -0.140. The highest BCUT2D eigenvalue weighted by Gasteiger charge is 2.45. The number of aliphatic hydroxyl groups is 1. The van der Waals surface area contributed by atoms with Crippen molar-refractivity contribution in [3.8, 4) is 5.75 Å². The first-order chi connectivity index (χ1) is 14.4. The molecule has 1 aliphatic rings. The summed E-state index contributed by atoms with van der Waals surface area (Å²) < 4.78 is 10.2. The molecule has 0 aromatic heterocycles. The number of benzene rings is 2. The van der Waals surface area contributed by atoms with Crippen LogP contribution in [0.5, 0.6) is 5.75 Å². The summed E-state index contributed by atoms with van der Waals surface area (Å²) in [5.74, 6) is -1.09. The Morgan fingerprint density at radius 3 is 2.37 bits per heavy atom. The Labute approximate surface area is 184 Å². The fourth-order valence-electron chi connectivity index (χ4n) is 3.42. The summed E-state index contributed by atoms with van der Waals surface area (Å²) in [5.41, 5.74) is 0.979. The predicted molar refractivity (Wildman–Crippen MR) is 115 cm³/mol. The van der Waals surface area contributed by atoms with Gasteiger partial charge in [-0.1, -0.05) is 29.3 Å². The van der Waals surface area contributed by atoms with Gasteiger partial charge in [-0.15, -0.1) is 0 Å². The van der Waals surface area contributed by atoms with E-state index in [0.29, 0.717) is 39.9 Å². The molecule has 3 rings (SSSR count). The van der Waals surface area contributed by atoms with Crippen LogP contribution in [-0.4, -0.2) is 49.1 Å². The third-order valence-corrected chi connectivity index (χ3v) is 5.65. The van der Waals surface area contributed by atoms with Gasteiger partial charge < -0.3 is 19.5 Å². The van der Waals surface area contributed by atoms with Gasteiger partial charge in [-0.3, -0.25) is 9.59 Å². The van der Waals surface area contributed by atoms with E-state index < -0.39 is 17.7 Å². The minimum absolute atomic E-state index is 0.000901. The van der Waals surface area contributed by atoms with E-state index in [4.69, 9.17) is 32.7 Å². The summed E-state index contributed by atoms with van der Waals surface area (Å²) in [6.07, 6.45) is 0.532. The van der Waals surface area contributed by atoms with E-state index in [1.807, 2.05) is 0 Å². The zero-order valence-corrected chi connectivity index (χ0v) is 18.0. The normalized spacial score (nSPS) is 18.1. The maximum absolute atomic E-state index is 12.9. The molecule has 30 heavy (non-hydrogen) atoms. The Morgan fingerprint density at radius 1 is 1.07 bits per heavy atom. The van der Waals surface area contributed by atoms with Gasteiger partial charge in [0.15, 0.2) is 0 Å². The third kappa shape index (κ3) is 4.31. The van der Waals surface area contributed by atoms with Crippen LogP contribution in [0.2, 0.25) is 10.0 Å². The summed E-state index contributed by atoms with van der Waals surface area (Å²) in [4.78, 5) is 27.1. The number of rotatable bonds is 7. The molecule has 1 atom stereocenters. The Bertz CT molecular complexity index is 988. The van der Waals surface area contributed by atoms with E-state index >= 15 is 0 Å². The molecule has 6 nitrogen and oxygen atoms in total. The van der Waals surface area contributed by atoms with Crippen molar-refractivity contribution in [1.82, 2.24) is 4.90 Å². The van der Waals surface area contributed by atoms with E-state index in [9.17, 15) is 14.7 Å². The number of likely N-dealkylation sites (tertiary alicyclic amines) is 1. The van der Waals surface area contributed by atoms with Crippen LogP contribution in [0.3, 0.4) is 0 Å². The average molecular weight is 450 g/mol. The van der Waals surface area contributed by atoms with E-state index in [1.54, 1.807) is 49.6 Å². The van der Waals surface area contributed by atoms with Gasteiger partial charge in [0.25, 0.3) is 11.7 Å². The summed E-state index contributed by atoms with van der Waals surface area (Å²) in [6.45, 7) is 0.707. The zero-order valence-electron chi connectivity index (χ0n) is 16.5. The highest BCUT2D eigenvalue weighted by Crippen LogP contribution is 2.41. The minimum Gasteiger partial charge on any atom is -0.507 e. The van der Waals surface area contributed by atoms with Crippen LogP contribution < -0.4 is 4.74 Å². The van der Waals surface area contributed by atoms with E-state index in [0.717, 1.165) is 0 Å². The first-order valence-electron chi connectivity index (χ1n) is 9.25. The first-order valence-corrected chi connectivity index (χ1v) is 10.0. The molecule has 1 saturated heterocycles. The molecule has 0 spiro atoms. The highest BCUT2D eigenvalue weighted by atomic mass is 35.5. The van der Waals surface area contributed by atoms with Crippen LogP contribution in [0.4, 0.5) is 0 Å². The number of carbonyl (C=O) groups is 2. The SMILES string of the molecule is COCCCN1C(=O)C(=O)/C(=C(/O)c2ccc(OC)cc2)[C@H]1c1ccc(Cl)c(Cl)c1. The Kier molecular flexibility index (Phi) is 7.02. The van der Waals surface area contributed by atoms with E-state index in [2.05, 4.69) is 0 Å². The highest BCUT2D eigenvalue weighted by molar-refractivity contribution is 6.46. The molecular formula is C22H21Cl2NO5. The fraction of sp³-hybridized carbons (Fsp3) is 0.273. The Balaban J connectivity index is 2.12. The van der Waals surface area contributed by atoms with Gasteiger partial charge in [0.2, 0.25) is 0 Å². The first kappa shape index (κ1) is 22.2. The molecule has 1 amide bonds. The number of hydrogen-bond donors (Lipinski definition) is 1. The van der Waals surface area contributed by atoms with Gasteiger partial charge >= 0.3 is 0 Å². The lowest BCUT2D eigenvalue weighted by atomic mass is 9.95. The van der Waals surface area contributed by atoms with Crippen molar-refractivity contribution >= 4 is 40.7 Å². The summed E-state index contributed by atoms with van der Waals surface area (Å²) in [6, 6.07) is 10.7. The molecule has 1 heterocycles. The predicted octanol–water partition coefficient (Wildman–Crippen LogP) is 4.46. The second-order valence-electron chi connectivity index (χ2n) is 6.74. The topological polar surface area (TPSA) is 76.1 Å². The lowest BCUT2D eigenvalue weighted by Gasteiger charge is -2.25. The molecule has 1 N–H and O–H groups in total. The lowest BCUT2D eigenvalue weighted by Crippen LogP contribution is -2.31. The molecule has 2 aromatic rings. The summed E-state index contributed by atoms with van der Waals surface area (Å²) >= 11 is 12.2. The van der Waals surface area contributed by atoms with Crippen LogP contribution in [0, 0.1) is 0 Å². The molecule has 0 radical (unpaired) electrons. The number of hydrogen-bond acceptors (Lipinski definition) is 5. The maximum atomic E-state index is 12.9.